The van der Waals surface area contributed by atoms with Crippen LogP contribution in [-0.2, 0) is 11.3 Å². The molecule has 1 saturated carbocycles. The van der Waals surface area contributed by atoms with Crippen molar-refractivity contribution in [1.29, 1.82) is 0 Å². The maximum Gasteiger partial charge on any atom is 0.333 e. The summed E-state index contributed by atoms with van der Waals surface area (Å²) in [5.74, 6) is 4.47. The van der Waals surface area contributed by atoms with E-state index in [-0.39, 0.29) is 22.7 Å². The highest BCUT2D eigenvalue weighted by Gasteiger charge is 2.50. The number of hydrogen-bond donors (Lipinski definition) is 4. The number of amides is 3. The summed E-state index contributed by atoms with van der Waals surface area (Å²) < 4.78 is 26.0. The van der Waals surface area contributed by atoms with Gasteiger partial charge in [0.2, 0.25) is 5.70 Å². The minimum absolute atomic E-state index is 0.119. The number of hydrogen-bond acceptors (Lipinski definition) is 5. The van der Waals surface area contributed by atoms with Crippen molar-refractivity contribution in [3.8, 4) is 0 Å². The lowest BCUT2D eigenvalue weighted by molar-refractivity contribution is -0.749. The average molecular weight is 478 g/mol. The molecule has 5 N–H and O–H groups in total. The number of nitrogens with zero attached hydrogens (tertiary/aromatic N) is 3. The number of urea groups is 1. The smallest absolute Gasteiger partial charge is 0.333 e. The minimum Gasteiger partial charge on any atom is -0.334 e. The number of rotatable bonds is 6. The van der Waals surface area contributed by atoms with E-state index in [9.17, 15) is 18.4 Å². The number of allylic oxidation sites excluding steroid dienone is 2. The Balaban J connectivity index is 1.22. The summed E-state index contributed by atoms with van der Waals surface area (Å²) in [7, 11) is 0. The molecule has 5 rings (SSSR count). The van der Waals surface area contributed by atoms with Gasteiger partial charge < -0.3 is 16.0 Å². The standard InChI is InChI=1S/C24H21F2N7O2/c25-18-7-6-17(11-19(18)26)31-24(35)29-12-14-2-1-3-16(10-14)30-23(34)22-32-21(15-4-5-15)20-13-28-8-9-33(20,22)27/h1-3,6-11,13,15H,4-5,12,27H2,(H2-,29,30,31,34,35)/p+1. The Morgan fingerprint density at radius 3 is 2.63 bits per heavy atom. The van der Waals surface area contributed by atoms with Crippen LogP contribution in [0.15, 0.2) is 76.2 Å². The van der Waals surface area contributed by atoms with E-state index in [1.165, 1.54) is 6.07 Å². The SMILES string of the molecule is N[N+]12C=CN=CC1=C(C1CC1)N=C2C(=O)Nc1cccc(CNC(=O)Nc2ccc(F)c(F)c2)c1. The molecule has 2 aliphatic heterocycles. The molecular formula is C24H22F2N7O2+. The summed E-state index contributed by atoms with van der Waals surface area (Å²) in [6.45, 7) is 0.133. The fourth-order valence-electron chi connectivity index (χ4n) is 3.88. The van der Waals surface area contributed by atoms with Crippen LogP contribution in [-0.4, -0.2) is 28.6 Å². The van der Waals surface area contributed by atoms with Gasteiger partial charge in [-0.15, -0.1) is 4.59 Å². The lowest BCUT2D eigenvalue weighted by Gasteiger charge is -2.25. The van der Waals surface area contributed by atoms with Crippen molar-refractivity contribution < 1.29 is 23.0 Å². The topological polar surface area (TPSA) is 121 Å². The van der Waals surface area contributed by atoms with Crippen LogP contribution in [0.1, 0.15) is 18.4 Å². The lowest BCUT2D eigenvalue weighted by Crippen LogP contribution is -2.56. The van der Waals surface area contributed by atoms with Gasteiger partial charge in [0.1, 0.15) is 11.9 Å². The van der Waals surface area contributed by atoms with Crippen molar-refractivity contribution in [3.63, 3.8) is 0 Å². The van der Waals surface area contributed by atoms with Crippen molar-refractivity contribution in [1.82, 2.24) is 5.32 Å². The van der Waals surface area contributed by atoms with Crippen LogP contribution >= 0.6 is 0 Å². The molecule has 11 heteroatoms. The van der Waals surface area contributed by atoms with Crippen LogP contribution in [0.5, 0.6) is 0 Å². The maximum absolute atomic E-state index is 13.3. The Morgan fingerprint density at radius 2 is 1.86 bits per heavy atom. The molecule has 2 aromatic rings. The zero-order chi connectivity index (χ0) is 24.6. The third kappa shape index (κ3) is 4.59. The molecule has 1 unspecified atom stereocenters. The summed E-state index contributed by atoms with van der Waals surface area (Å²) in [6.07, 6.45) is 6.82. The second-order valence-corrected chi connectivity index (χ2v) is 8.42. The minimum atomic E-state index is -1.06. The Hall–Kier alpha value is -4.22. The molecule has 35 heavy (non-hydrogen) atoms. The van der Waals surface area contributed by atoms with Gasteiger partial charge in [-0.25, -0.2) is 13.6 Å². The number of anilines is 2. The molecule has 3 aliphatic rings. The van der Waals surface area contributed by atoms with Gasteiger partial charge in [0, 0.05) is 29.9 Å². The predicted molar refractivity (Wildman–Crippen MR) is 127 cm³/mol. The fourth-order valence-corrected chi connectivity index (χ4v) is 3.88. The summed E-state index contributed by atoms with van der Waals surface area (Å²) in [6, 6.07) is 9.40. The van der Waals surface area contributed by atoms with Crippen LogP contribution in [0.2, 0.25) is 0 Å². The molecular weight excluding hydrogens is 456 g/mol. The summed E-state index contributed by atoms with van der Waals surface area (Å²) in [5.41, 5.74) is 2.83. The Kier molecular flexibility index (Phi) is 5.71. The molecule has 1 aliphatic carbocycles. The van der Waals surface area contributed by atoms with Gasteiger partial charge in [0.25, 0.3) is 0 Å². The molecule has 2 heterocycles. The lowest BCUT2D eigenvalue weighted by atomic mass is 10.2. The predicted octanol–water partition coefficient (Wildman–Crippen LogP) is 3.50. The first-order valence-corrected chi connectivity index (χ1v) is 11.0. The second-order valence-electron chi connectivity index (χ2n) is 8.42. The second kappa shape index (κ2) is 8.85. The fraction of sp³-hybridized carbons (Fsp3) is 0.167. The van der Waals surface area contributed by atoms with E-state index in [1.807, 2.05) is 0 Å². The number of amidine groups is 1. The number of quaternary nitrogens is 1. The molecule has 0 spiro atoms. The van der Waals surface area contributed by atoms with E-state index in [4.69, 9.17) is 5.84 Å². The molecule has 0 radical (unpaired) electrons. The summed E-state index contributed by atoms with van der Waals surface area (Å²) >= 11 is 0. The molecule has 0 saturated heterocycles. The number of carbonyl (C=O) groups excluding carboxylic acids is 2. The van der Waals surface area contributed by atoms with Gasteiger partial charge in [-0.05, 0) is 42.7 Å². The van der Waals surface area contributed by atoms with Gasteiger partial charge >= 0.3 is 17.8 Å². The first-order chi connectivity index (χ1) is 16.8. The van der Waals surface area contributed by atoms with Crippen LogP contribution in [0.4, 0.5) is 25.0 Å². The quantitative estimate of drug-likeness (QED) is 0.376. The highest BCUT2D eigenvalue weighted by atomic mass is 19.2. The van der Waals surface area contributed by atoms with Crippen molar-refractivity contribution in [3.05, 3.63) is 83.5 Å². The largest absolute Gasteiger partial charge is 0.334 e. The number of halogens is 2. The van der Waals surface area contributed by atoms with Crippen molar-refractivity contribution >= 4 is 35.4 Å². The Labute approximate surface area is 199 Å². The van der Waals surface area contributed by atoms with E-state index >= 15 is 0 Å². The van der Waals surface area contributed by atoms with Gasteiger partial charge in [-0.1, -0.05) is 12.1 Å². The third-order valence-corrected chi connectivity index (χ3v) is 5.81. The van der Waals surface area contributed by atoms with Crippen molar-refractivity contribution in [2.45, 2.75) is 19.4 Å². The van der Waals surface area contributed by atoms with Crippen molar-refractivity contribution in [2.24, 2.45) is 21.7 Å². The number of aliphatic imine (C=N–C) groups is 2. The Bertz CT molecular complexity index is 1350. The number of fused-ring (bicyclic) bond motifs is 1. The number of benzene rings is 2. The molecule has 3 amide bonds. The van der Waals surface area contributed by atoms with E-state index in [1.54, 1.807) is 42.9 Å². The zero-order valence-electron chi connectivity index (χ0n) is 18.5. The average Bonchev–Trinajstić information content (AvgIpc) is 3.62. The number of nitrogens with one attached hydrogen (secondary N) is 3. The van der Waals surface area contributed by atoms with Gasteiger partial charge in [-0.3, -0.25) is 9.79 Å². The molecule has 2 aromatic carbocycles. The van der Waals surface area contributed by atoms with Gasteiger partial charge in [0.15, 0.2) is 11.6 Å². The van der Waals surface area contributed by atoms with Crippen LogP contribution in [0.25, 0.3) is 0 Å². The summed E-state index contributed by atoms with van der Waals surface area (Å²) in [5, 5.41) is 7.89. The first kappa shape index (κ1) is 22.6. The molecule has 1 fully saturated rings. The van der Waals surface area contributed by atoms with Crippen LogP contribution in [0, 0.1) is 17.6 Å². The monoisotopic (exact) mass is 478 g/mol. The van der Waals surface area contributed by atoms with Crippen LogP contribution in [0.3, 0.4) is 0 Å². The molecule has 0 aromatic heterocycles. The molecule has 178 valence electrons. The maximum atomic E-state index is 13.3. The number of nitrogens with two attached hydrogens (primary N) is 1. The highest BCUT2D eigenvalue weighted by Crippen LogP contribution is 2.43. The van der Waals surface area contributed by atoms with Crippen LogP contribution < -0.4 is 21.8 Å². The Morgan fingerprint density at radius 1 is 1.06 bits per heavy atom. The van der Waals surface area contributed by atoms with E-state index in [0.29, 0.717) is 22.9 Å². The van der Waals surface area contributed by atoms with E-state index in [2.05, 4.69) is 25.9 Å². The highest BCUT2D eigenvalue weighted by molar-refractivity contribution is 6.40. The number of carbonyl (C=O) groups is 2. The van der Waals surface area contributed by atoms with Gasteiger partial charge in [0.05, 0.1) is 12.4 Å². The first-order valence-electron chi connectivity index (χ1n) is 11.0. The third-order valence-electron chi connectivity index (χ3n) is 5.81. The normalized spacial score (nSPS) is 20.4. The molecule has 1 atom stereocenters. The van der Waals surface area contributed by atoms with E-state index < -0.39 is 23.6 Å². The van der Waals surface area contributed by atoms with Gasteiger partial charge in [-0.2, -0.15) is 10.8 Å². The van der Waals surface area contributed by atoms with E-state index in [0.717, 1.165) is 30.7 Å². The van der Waals surface area contributed by atoms with Crippen molar-refractivity contribution in [2.75, 3.05) is 10.6 Å². The molecule has 0 bridgehead atoms. The molecule has 9 nitrogen and oxygen atoms in total. The summed E-state index contributed by atoms with van der Waals surface area (Å²) in [4.78, 5) is 33.9. The zero-order valence-corrected chi connectivity index (χ0v) is 18.5.